The van der Waals surface area contributed by atoms with Crippen molar-refractivity contribution in [2.75, 3.05) is 42.5 Å². The van der Waals surface area contributed by atoms with E-state index in [2.05, 4.69) is 0 Å². The molecule has 2 aliphatic heterocycles. The smallest absolute Gasteiger partial charge is 0.414 e. The maximum absolute atomic E-state index is 13.0. The summed E-state index contributed by atoms with van der Waals surface area (Å²) in [5.41, 5.74) is 3.59. The fraction of sp³-hybridized carbons (Fsp3) is 0.429. The van der Waals surface area contributed by atoms with Gasteiger partial charge in [0.25, 0.3) is 5.91 Å². The number of nitrogens with zero attached hydrogens (tertiary/aromatic N) is 4. The summed E-state index contributed by atoms with van der Waals surface area (Å²) in [5.74, 6) is -0.127. The van der Waals surface area contributed by atoms with Crippen LogP contribution in [0.2, 0.25) is 0 Å². The third-order valence-corrected chi connectivity index (χ3v) is 6.79. The normalized spacial score (nSPS) is 17.5. The zero-order chi connectivity index (χ0) is 26.9. The molecule has 2 heterocycles. The lowest BCUT2D eigenvalue weighted by atomic mass is 9.99. The van der Waals surface area contributed by atoms with Crippen LogP contribution in [0, 0.1) is 0 Å². The van der Waals surface area contributed by atoms with E-state index in [9.17, 15) is 19.2 Å². The Morgan fingerprint density at radius 3 is 1.97 bits per heavy atom. The average molecular weight is 507 g/mol. The highest BCUT2D eigenvalue weighted by Gasteiger charge is 2.35. The van der Waals surface area contributed by atoms with Crippen LogP contribution in [-0.4, -0.2) is 78.5 Å². The quantitative estimate of drug-likeness (QED) is 0.632. The highest BCUT2D eigenvalue weighted by atomic mass is 16.6. The molecule has 0 bridgehead atoms. The SMILES string of the molecule is CC(=O)N1CCN(C(=O)c2ccc(-c3ccc4c(c3)N(C(=O)OC(C)C)C[C@H](C)N4C(C)=O)cc2)CC1. The van der Waals surface area contributed by atoms with Gasteiger partial charge in [0.15, 0.2) is 0 Å². The van der Waals surface area contributed by atoms with Gasteiger partial charge >= 0.3 is 6.09 Å². The first-order chi connectivity index (χ1) is 17.6. The first-order valence-electron chi connectivity index (χ1n) is 12.6. The van der Waals surface area contributed by atoms with Crippen molar-refractivity contribution in [1.82, 2.24) is 9.80 Å². The Bertz CT molecular complexity index is 1200. The van der Waals surface area contributed by atoms with Crippen LogP contribution < -0.4 is 9.80 Å². The van der Waals surface area contributed by atoms with Gasteiger partial charge in [0.05, 0.1) is 23.5 Å². The minimum absolute atomic E-state index is 0.0263. The molecule has 0 spiro atoms. The molecule has 0 unspecified atom stereocenters. The number of anilines is 2. The van der Waals surface area contributed by atoms with Gasteiger partial charge in [-0.3, -0.25) is 19.3 Å². The zero-order valence-corrected chi connectivity index (χ0v) is 22.1. The summed E-state index contributed by atoms with van der Waals surface area (Å²) in [5, 5.41) is 0. The number of amides is 4. The van der Waals surface area contributed by atoms with Gasteiger partial charge in [0, 0.05) is 52.1 Å². The Kier molecular flexibility index (Phi) is 7.52. The van der Waals surface area contributed by atoms with Crippen LogP contribution >= 0.6 is 0 Å². The molecule has 1 atom stereocenters. The van der Waals surface area contributed by atoms with Gasteiger partial charge in [-0.25, -0.2) is 4.79 Å². The summed E-state index contributed by atoms with van der Waals surface area (Å²) in [4.78, 5) is 56.6. The molecule has 2 aromatic rings. The van der Waals surface area contributed by atoms with Crippen molar-refractivity contribution in [1.29, 1.82) is 0 Å². The lowest BCUT2D eigenvalue weighted by molar-refractivity contribution is -0.130. The van der Waals surface area contributed by atoms with Crippen LogP contribution in [0.15, 0.2) is 42.5 Å². The van der Waals surface area contributed by atoms with Crippen molar-refractivity contribution < 1.29 is 23.9 Å². The zero-order valence-electron chi connectivity index (χ0n) is 22.1. The largest absolute Gasteiger partial charge is 0.446 e. The van der Waals surface area contributed by atoms with E-state index < -0.39 is 6.09 Å². The molecule has 9 heteroatoms. The topological polar surface area (TPSA) is 90.5 Å². The van der Waals surface area contributed by atoms with Crippen LogP contribution in [0.25, 0.3) is 11.1 Å². The van der Waals surface area contributed by atoms with Crippen LogP contribution in [0.1, 0.15) is 45.0 Å². The van der Waals surface area contributed by atoms with Crippen molar-refractivity contribution in [2.45, 2.75) is 46.8 Å². The molecule has 4 amide bonds. The number of carbonyl (C=O) groups is 4. The van der Waals surface area contributed by atoms with E-state index >= 15 is 0 Å². The summed E-state index contributed by atoms with van der Waals surface area (Å²) < 4.78 is 5.48. The maximum Gasteiger partial charge on any atom is 0.414 e. The molecule has 0 saturated carbocycles. The molecule has 9 nitrogen and oxygen atoms in total. The van der Waals surface area contributed by atoms with E-state index in [1.807, 2.05) is 37.3 Å². The highest BCUT2D eigenvalue weighted by molar-refractivity contribution is 6.03. The van der Waals surface area contributed by atoms with Crippen molar-refractivity contribution in [2.24, 2.45) is 0 Å². The second kappa shape index (κ2) is 10.6. The Morgan fingerprint density at radius 2 is 1.41 bits per heavy atom. The van der Waals surface area contributed by atoms with Crippen LogP contribution in [0.4, 0.5) is 16.2 Å². The molecule has 0 aromatic heterocycles. The van der Waals surface area contributed by atoms with Gasteiger partial charge in [-0.1, -0.05) is 18.2 Å². The molecule has 4 rings (SSSR count). The number of hydrogen-bond donors (Lipinski definition) is 0. The maximum atomic E-state index is 13.0. The number of hydrogen-bond acceptors (Lipinski definition) is 5. The Balaban J connectivity index is 1.59. The van der Waals surface area contributed by atoms with E-state index in [4.69, 9.17) is 4.74 Å². The number of benzene rings is 2. The Hall–Kier alpha value is -3.88. The number of carbonyl (C=O) groups excluding carboxylic acids is 4. The van der Waals surface area contributed by atoms with E-state index in [0.717, 1.165) is 11.1 Å². The van der Waals surface area contributed by atoms with E-state index in [1.54, 1.807) is 52.5 Å². The van der Waals surface area contributed by atoms with E-state index in [-0.39, 0.29) is 29.9 Å². The van der Waals surface area contributed by atoms with Crippen molar-refractivity contribution in [3.8, 4) is 11.1 Å². The van der Waals surface area contributed by atoms with Crippen molar-refractivity contribution >= 4 is 35.2 Å². The molecular weight excluding hydrogens is 472 g/mol. The summed E-state index contributed by atoms with van der Waals surface area (Å²) >= 11 is 0. The van der Waals surface area contributed by atoms with Gasteiger partial charge in [0.1, 0.15) is 0 Å². The highest BCUT2D eigenvalue weighted by Crippen LogP contribution is 2.39. The lowest BCUT2D eigenvalue weighted by Gasteiger charge is -2.40. The number of ether oxygens (including phenoxy) is 1. The molecule has 2 aliphatic rings. The third kappa shape index (κ3) is 5.45. The van der Waals surface area contributed by atoms with Crippen molar-refractivity contribution in [3.05, 3.63) is 48.0 Å². The molecule has 196 valence electrons. The van der Waals surface area contributed by atoms with E-state index in [0.29, 0.717) is 49.7 Å². The monoisotopic (exact) mass is 506 g/mol. The summed E-state index contributed by atoms with van der Waals surface area (Å²) in [6.45, 7) is 11.0. The summed E-state index contributed by atoms with van der Waals surface area (Å²) in [6, 6.07) is 12.8. The fourth-order valence-electron chi connectivity index (χ4n) is 4.93. The molecule has 1 fully saturated rings. The second-order valence-electron chi connectivity index (χ2n) is 9.86. The lowest BCUT2D eigenvalue weighted by Crippen LogP contribution is -2.51. The van der Waals surface area contributed by atoms with Crippen molar-refractivity contribution in [3.63, 3.8) is 0 Å². The first kappa shape index (κ1) is 26.2. The third-order valence-electron chi connectivity index (χ3n) is 6.79. The summed E-state index contributed by atoms with van der Waals surface area (Å²) in [7, 11) is 0. The molecule has 0 N–H and O–H groups in total. The standard InChI is InChI=1S/C28H34N4O5/c1-18(2)37-28(36)31-17-19(3)32(21(5)34)25-11-10-24(16-26(25)31)22-6-8-23(9-7-22)27(35)30-14-12-29(13-15-30)20(4)33/h6-11,16,18-19H,12-15,17H2,1-5H3/t19-/m0/s1. The van der Waals surface area contributed by atoms with Gasteiger partial charge in [-0.15, -0.1) is 0 Å². The van der Waals surface area contributed by atoms with E-state index in [1.165, 1.54) is 6.92 Å². The predicted octanol–water partition coefficient (Wildman–Crippen LogP) is 3.76. The van der Waals surface area contributed by atoms with Gasteiger partial charge in [0.2, 0.25) is 11.8 Å². The minimum Gasteiger partial charge on any atom is -0.446 e. The van der Waals surface area contributed by atoms with Crippen LogP contribution in [0.3, 0.4) is 0 Å². The minimum atomic E-state index is -0.450. The average Bonchev–Trinajstić information content (AvgIpc) is 2.87. The second-order valence-corrected chi connectivity index (χ2v) is 9.86. The number of rotatable bonds is 3. The first-order valence-corrected chi connectivity index (χ1v) is 12.6. The van der Waals surface area contributed by atoms with Gasteiger partial charge in [-0.2, -0.15) is 0 Å². The molecule has 0 radical (unpaired) electrons. The summed E-state index contributed by atoms with van der Waals surface area (Å²) in [6.07, 6.45) is -0.718. The fourth-order valence-corrected chi connectivity index (χ4v) is 4.93. The predicted molar refractivity (Wildman–Crippen MR) is 142 cm³/mol. The Morgan fingerprint density at radius 1 is 0.811 bits per heavy atom. The Labute approximate surface area is 217 Å². The molecule has 2 aromatic carbocycles. The number of fused-ring (bicyclic) bond motifs is 1. The van der Waals surface area contributed by atoms with Crippen LogP contribution in [-0.2, 0) is 14.3 Å². The molecule has 1 saturated heterocycles. The van der Waals surface area contributed by atoms with Crippen LogP contribution in [0.5, 0.6) is 0 Å². The molecule has 0 aliphatic carbocycles. The number of piperazine rings is 1. The molecule has 37 heavy (non-hydrogen) atoms. The molecular formula is C28H34N4O5. The van der Waals surface area contributed by atoms with Gasteiger partial charge < -0.3 is 19.4 Å². The van der Waals surface area contributed by atoms with Gasteiger partial charge in [-0.05, 0) is 56.2 Å².